The number of aromatic nitrogens is 3. The molecule has 0 saturated carbocycles. The molecule has 9 nitrogen and oxygen atoms in total. The molecule has 0 unspecified atom stereocenters. The molecule has 0 aliphatic carbocycles. The van der Waals surface area contributed by atoms with E-state index in [1.54, 1.807) is 12.1 Å². The summed E-state index contributed by atoms with van der Waals surface area (Å²) in [6, 6.07) is 14.7. The third-order valence-electron chi connectivity index (χ3n) is 6.22. The highest BCUT2D eigenvalue weighted by Gasteiger charge is 2.20. The number of nitrogens with zero attached hydrogens (tertiary/aromatic N) is 5. The molecule has 1 fully saturated rings. The number of phenolic OH excluding ortho intramolecular Hbond substituents is 1. The first kappa shape index (κ1) is 22.4. The van der Waals surface area contributed by atoms with Crippen LogP contribution in [-0.4, -0.2) is 57.6 Å². The predicted octanol–water partition coefficient (Wildman–Crippen LogP) is 2.15. The lowest BCUT2D eigenvalue weighted by Gasteiger charge is -2.37. The number of anilines is 2. The monoisotopic (exact) mass is 450 g/mol. The van der Waals surface area contributed by atoms with Gasteiger partial charge in [-0.25, -0.2) is 14.0 Å². The molecule has 3 aromatic rings. The van der Waals surface area contributed by atoms with Crippen LogP contribution in [0.3, 0.4) is 0 Å². The Morgan fingerprint density at radius 1 is 0.909 bits per heavy atom. The van der Waals surface area contributed by atoms with Crippen LogP contribution in [0.2, 0.25) is 0 Å². The molecular weight excluding hydrogens is 420 g/mol. The lowest BCUT2D eigenvalue weighted by molar-refractivity contribution is -0.119. The van der Waals surface area contributed by atoms with Gasteiger partial charge in [0.1, 0.15) is 12.1 Å². The number of carbonyl (C=O) groups excluding carboxylic acids is 1. The maximum absolute atomic E-state index is 12.9. The smallest absolute Gasteiger partial charge is 0.350 e. The lowest BCUT2D eigenvalue weighted by atomic mass is 10.2. The summed E-state index contributed by atoms with van der Waals surface area (Å²) in [5.41, 5.74) is 2.73. The standard InChI is InChI=1S/C24H30N6O3/c1-17(26-19(3)31)18(2)30-24(33)29(16-25-30)22-6-4-20(5-7-22)27-12-14-28(15-13-27)21-8-10-23(32)11-9-21/h4-11,16-18,32H,12-15H2,1-3H3,(H,26,31)/t17-,18+/m0/s1. The normalized spacial score (nSPS) is 15.8. The van der Waals surface area contributed by atoms with Gasteiger partial charge in [-0.15, -0.1) is 0 Å². The number of rotatable bonds is 6. The summed E-state index contributed by atoms with van der Waals surface area (Å²) >= 11 is 0. The molecule has 4 rings (SSSR count). The topological polar surface area (TPSA) is 95.6 Å². The Morgan fingerprint density at radius 2 is 1.39 bits per heavy atom. The maximum Gasteiger partial charge on any atom is 0.350 e. The van der Waals surface area contributed by atoms with Crippen LogP contribution in [0.1, 0.15) is 26.8 Å². The van der Waals surface area contributed by atoms with Crippen LogP contribution in [0.25, 0.3) is 5.69 Å². The number of carbonyl (C=O) groups is 1. The van der Waals surface area contributed by atoms with Crippen molar-refractivity contribution in [1.82, 2.24) is 19.7 Å². The minimum Gasteiger partial charge on any atom is -0.508 e. The molecule has 33 heavy (non-hydrogen) atoms. The molecular formula is C24H30N6O3. The Morgan fingerprint density at radius 3 is 1.91 bits per heavy atom. The molecule has 174 valence electrons. The van der Waals surface area contributed by atoms with Gasteiger partial charge in [-0.3, -0.25) is 4.79 Å². The average Bonchev–Trinajstić information content (AvgIpc) is 3.20. The lowest BCUT2D eigenvalue weighted by Crippen LogP contribution is -2.46. The van der Waals surface area contributed by atoms with E-state index >= 15 is 0 Å². The highest BCUT2D eigenvalue weighted by atomic mass is 16.3. The van der Waals surface area contributed by atoms with Crippen LogP contribution < -0.4 is 20.8 Å². The van der Waals surface area contributed by atoms with Crippen LogP contribution in [0.15, 0.2) is 59.7 Å². The quantitative estimate of drug-likeness (QED) is 0.598. The zero-order valence-corrected chi connectivity index (χ0v) is 19.2. The zero-order chi connectivity index (χ0) is 23.5. The summed E-state index contributed by atoms with van der Waals surface area (Å²) in [7, 11) is 0. The minimum absolute atomic E-state index is 0.138. The molecule has 0 spiro atoms. The summed E-state index contributed by atoms with van der Waals surface area (Å²) < 4.78 is 2.92. The Hall–Kier alpha value is -3.75. The van der Waals surface area contributed by atoms with Gasteiger partial charge in [0.05, 0.1) is 11.7 Å². The fraction of sp³-hybridized carbons (Fsp3) is 0.375. The largest absolute Gasteiger partial charge is 0.508 e. The van der Waals surface area contributed by atoms with E-state index < -0.39 is 0 Å². The van der Waals surface area contributed by atoms with Crippen LogP contribution in [0.5, 0.6) is 5.75 Å². The SMILES string of the molecule is CC(=O)N[C@@H](C)[C@@H](C)n1ncn(-c2ccc(N3CCN(c4ccc(O)cc4)CC3)cc2)c1=O. The van der Waals surface area contributed by atoms with Gasteiger partial charge in [-0.05, 0) is 62.4 Å². The van der Waals surface area contributed by atoms with Gasteiger partial charge in [0.2, 0.25) is 5.91 Å². The number of nitrogens with one attached hydrogen (secondary N) is 1. The van der Waals surface area contributed by atoms with E-state index in [1.807, 2.05) is 50.2 Å². The number of benzene rings is 2. The van der Waals surface area contributed by atoms with Gasteiger partial charge in [-0.2, -0.15) is 5.10 Å². The number of amides is 1. The second-order valence-electron chi connectivity index (χ2n) is 8.46. The van der Waals surface area contributed by atoms with Crippen molar-refractivity contribution in [3.63, 3.8) is 0 Å². The first-order valence-electron chi connectivity index (χ1n) is 11.2. The first-order chi connectivity index (χ1) is 15.8. The predicted molar refractivity (Wildman–Crippen MR) is 128 cm³/mol. The van der Waals surface area contributed by atoms with Crippen molar-refractivity contribution in [3.8, 4) is 11.4 Å². The molecule has 1 aliphatic heterocycles. The van der Waals surface area contributed by atoms with Crippen LogP contribution in [0.4, 0.5) is 11.4 Å². The van der Waals surface area contributed by atoms with Crippen LogP contribution in [0, 0.1) is 0 Å². The third-order valence-corrected chi connectivity index (χ3v) is 6.22. The van der Waals surface area contributed by atoms with Gasteiger partial charge >= 0.3 is 5.69 Å². The van der Waals surface area contributed by atoms with E-state index in [2.05, 4.69) is 20.2 Å². The molecule has 1 amide bonds. The molecule has 2 atom stereocenters. The fourth-order valence-corrected chi connectivity index (χ4v) is 4.14. The van der Waals surface area contributed by atoms with Crippen molar-refractivity contribution < 1.29 is 9.90 Å². The average molecular weight is 451 g/mol. The number of aromatic hydroxyl groups is 1. The second-order valence-corrected chi connectivity index (χ2v) is 8.46. The van der Waals surface area contributed by atoms with E-state index in [0.29, 0.717) is 0 Å². The van der Waals surface area contributed by atoms with Gasteiger partial charge in [0, 0.05) is 50.5 Å². The fourth-order valence-electron chi connectivity index (χ4n) is 4.14. The summed E-state index contributed by atoms with van der Waals surface area (Å²) in [6.45, 7) is 8.73. The van der Waals surface area contributed by atoms with E-state index in [1.165, 1.54) is 22.5 Å². The van der Waals surface area contributed by atoms with Crippen molar-refractivity contribution in [2.24, 2.45) is 0 Å². The van der Waals surface area contributed by atoms with Gasteiger partial charge in [0.25, 0.3) is 0 Å². The van der Waals surface area contributed by atoms with E-state index in [4.69, 9.17) is 0 Å². The summed E-state index contributed by atoms with van der Waals surface area (Å²) in [5, 5.41) is 16.6. The summed E-state index contributed by atoms with van der Waals surface area (Å²) in [4.78, 5) is 28.9. The van der Waals surface area contributed by atoms with E-state index in [-0.39, 0.29) is 29.4 Å². The molecule has 2 aromatic carbocycles. The van der Waals surface area contributed by atoms with E-state index in [0.717, 1.165) is 43.2 Å². The molecule has 2 N–H and O–H groups in total. The number of hydrogen-bond acceptors (Lipinski definition) is 6. The molecule has 1 saturated heterocycles. The Bertz CT molecular complexity index is 1140. The van der Waals surface area contributed by atoms with Crippen molar-refractivity contribution in [1.29, 1.82) is 0 Å². The Kier molecular flexibility index (Phi) is 6.39. The maximum atomic E-state index is 12.9. The van der Waals surface area contributed by atoms with E-state index in [9.17, 15) is 14.7 Å². The molecule has 9 heteroatoms. The van der Waals surface area contributed by atoms with Crippen LogP contribution >= 0.6 is 0 Å². The van der Waals surface area contributed by atoms with Gasteiger partial charge < -0.3 is 20.2 Å². The van der Waals surface area contributed by atoms with Crippen LogP contribution in [-0.2, 0) is 4.79 Å². The number of hydrogen-bond donors (Lipinski definition) is 2. The van der Waals surface area contributed by atoms with Crippen molar-refractivity contribution in [3.05, 3.63) is 65.3 Å². The second kappa shape index (κ2) is 9.40. The Labute approximate surface area is 192 Å². The highest BCUT2D eigenvalue weighted by Crippen LogP contribution is 2.23. The summed E-state index contributed by atoms with van der Waals surface area (Å²) in [5.74, 6) is 0.139. The molecule has 1 aliphatic rings. The zero-order valence-electron chi connectivity index (χ0n) is 19.2. The number of piperazine rings is 1. The molecule has 0 radical (unpaired) electrons. The number of phenols is 1. The third kappa shape index (κ3) is 4.87. The van der Waals surface area contributed by atoms with Crippen molar-refractivity contribution in [2.45, 2.75) is 32.9 Å². The van der Waals surface area contributed by atoms with Crippen molar-refractivity contribution in [2.75, 3.05) is 36.0 Å². The minimum atomic E-state index is -0.271. The van der Waals surface area contributed by atoms with Crippen molar-refractivity contribution >= 4 is 17.3 Å². The Balaban J connectivity index is 1.42. The molecule has 1 aromatic heterocycles. The first-order valence-corrected chi connectivity index (χ1v) is 11.2. The summed E-state index contributed by atoms with van der Waals surface area (Å²) in [6.07, 6.45) is 1.52. The van der Waals surface area contributed by atoms with Gasteiger partial charge in [-0.1, -0.05) is 0 Å². The van der Waals surface area contributed by atoms with Gasteiger partial charge in [0.15, 0.2) is 0 Å². The highest BCUT2D eigenvalue weighted by molar-refractivity contribution is 5.73. The molecule has 0 bridgehead atoms. The molecule has 2 heterocycles.